The normalized spacial score (nSPS) is 11.2. The summed E-state index contributed by atoms with van der Waals surface area (Å²) in [4.78, 5) is 11.7. The molecule has 10 heteroatoms. The molecule has 5 aromatic rings. The number of nitriles is 1. The van der Waals surface area contributed by atoms with Gasteiger partial charge in [-0.2, -0.15) is 9.78 Å². The van der Waals surface area contributed by atoms with Gasteiger partial charge in [0.15, 0.2) is 0 Å². The third-order valence-electron chi connectivity index (χ3n) is 6.36. The Labute approximate surface area is 243 Å². The fraction of sp³-hybridized carbons (Fsp3) is 0.0312. The zero-order valence-electron chi connectivity index (χ0n) is 22.3. The summed E-state index contributed by atoms with van der Waals surface area (Å²) in [7, 11) is -7.59. The van der Waals surface area contributed by atoms with Gasteiger partial charge in [-0.25, -0.2) is 4.57 Å². The second kappa shape index (κ2) is 12.7. The number of para-hydroxylation sites is 2. The molecule has 8 nitrogen and oxygen atoms in total. The highest BCUT2D eigenvalue weighted by Crippen LogP contribution is 2.63. The summed E-state index contributed by atoms with van der Waals surface area (Å²) in [6.45, 7) is 0. The second-order valence-corrected chi connectivity index (χ2v) is 14.1. The Kier molecular flexibility index (Phi) is 8.64. The largest absolute Gasteiger partial charge is 0.562 e. The zero-order valence-corrected chi connectivity index (χ0v) is 24.1. The van der Waals surface area contributed by atoms with Crippen LogP contribution in [0.4, 0.5) is 5.69 Å². The van der Waals surface area contributed by atoms with E-state index in [-0.39, 0.29) is 34.5 Å². The molecule has 5 rings (SSSR count). The van der Waals surface area contributed by atoms with Crippen LogP contribution in [0.25, 0.3) is 0 Å². The van der Waals surface area contributed by atoms with E-state index in [0.29, 0.717) is 10.6 Å². The van der Waals surface area contributed by atoms with Crippen molar-refractivity contribution < 1.29 is 18.5 Å². The molecule has 0 aliphatic carbocycles. The standard InChI is InChI=1S/C32H25N3O5P2/c33-24-26-21-22-32(35(36)37)27(23-26)25-41(30-17-9-3-10-18-30,31-19-11-4-12-20-31)34-42(38,39-28-13-5-1-6-14-28)40-29-15-7-2-8-16-29/h1-23H,25H2. The van der Waals surface area contributed by atoms with Gasteiger partial charge in [-0.1, -0.05) is 97.1 Å². The van der Waals surface area contributed by atoms with E-state index in [9.17, 15) is 19.9 Å². The summed E-state index contributed by atoms with van der Waals surface area (Å²) in [5.41, 5.74) is 0.386. The molecule has 208 valence electrons. The molecule has 0 fully saturated rings. The highest BCUT2D eigenvalue weighted by molar-refractivity contribution is 7.84. The van der Waals surface area contributed by atoms with Gasteiger partial charge in [0.1, 0.15) is 11.5 Å². The van der Waals surface area contributed by atoms with E-state index in [1.54, 1.807) is 60.7 Å². The lowest BCUT2D eigenvalue weighted by molar-refractivity contribution is -0.385. The van der Waals surface area contributed by atoms with Gasteiger partial charge in [0, 0.05) is 24.8 Å². The molecule has 0 unspecified atom stereocenters. The number of nitro groups is 1. The Morgan fingerprint density at radius 3 is 1.60 bits per heavy atom. The Balaban J connectivity index is 1.84. The first-order valence-electron chi connectivity index (χ1n) is 12.9. The monoisotopic (exact) mass is 593 g/mol. The van der Waals surface area contributed by atoms with Crippen molar-refractivity contribution in [2.75, 3.05) is 0 Å². The van der Waals surface area contributed by atoms with Crippen molar-refractivity contribution in [3.05, 3.63) is 161 Å². The summed E-state index contributed by atoms with van der Waals surface area (Å²) < 4.78 is 32.1. The van der Waals surface area contributed by atoms with Crippen LogP contribution in [0.3, 0.4) is 0 Å². The van der Waals surface area contributed by atoms with Gasteiger partial charge in [0.2, 0.25) is 0 Å². The third-order valence-corrected chi connectivity index (χ3v) is 12.4. The highest BCUT2D eigenvalue weighted by atomic mass is 31.2. The molecule has 0 saturated heterocycles. The lowest BCUT2D eigenvalue weighted by Gasteiger charge is -2.28. The molecule has 0 heterocycles. The van der Waals surface area contributed by atoms with Crippen LogP contribution in [0.2, 0.25) is 0 Å². The second-order valence-electron chi connectivity index (χ2n) is 9.18. The van der Waals surface area contributed by atoms with Gasteiger partial charge in [0.05, 0.1) is 16.6 Å². The summed E-state index contributed by atoms with van der Waals surface area (Å²) in [5.74, 6) is 0.578. The molecule has 42 heavy (non-hydrogen) atoms. The van der Waals surface area contributed by atoms with Crippen molar-refractivity contribution in [3.8, 4) is 17.6 Å². The first-order valence-corrected chi connectivity index (χ1v) is 16.3. The molecule has 0 saturated carbocycles. The first kappa shape index (κ1) is 28.6. The fourth-order valence-corrected chi connectivity index (χ4v) is 10.9. The average molecular weight is 594 g/mol. The van der Waals surface area contributed by atoms with E-state index in [1.165, 1.54) is 18.2 Å². The number of hydrogen-bond acceptors (Lipinski definition) is 6. The quantitative estimate of drug-likeness (QED) is 0.0919. The minimum atomic E-state index is -4.37. The summed E-state index contributed by atoms with van der Waals surface area (Å²) in [6, 6.07) is 42.0. The van der Waals surface area contributed by atoms with E-state index >= 15 is 0 Å². The van der Waals surface area contributed by atoms with Crippen molar-refractivity contribution in [3.63, 3.8) is 0 Å². The summed E-state index contributed by atoms with van der Waals surface area (Å²) in [6.07, 6.45) is -0.00680. The van der Waals surface area contributed by atoms with E-state index in [0.717, 1.165) is 0 Å². The molecule has 0 amide bonds. The Morgan fingerprint density at radius 2 is 1.17 bits per heavy atom. The van der Waals surface area contributed by atoms with Gasteiger partial charge in [0.25, 0.3) is 5.69 Å². The maximum Gasteiger partial charge on any atom is 0.562 e. The molecule has 0 atom stereocenters. The maximum absolute atomic E-state index is 14.9. The smallest absolute Gasteiger partial charge is 0.399 e. The van der Waals surface area contributed by atoms with Gasteiger partial charge in [-0.15, -0.1) is 0 Å². The van der Waals surface area contributed by atoms with Gasteiger partial charge >= 0.3 is 7.75 Å². The molecule has 0 radical (unpaired) electrons. The number of nitrogens with zero attached hydrogens (tertiary/aromatic N) is 3. The lowest BCUT2D eigenvalue weighted by Crippen LogP contribution is -2.19. The first-order chi connectivity index (χ1) is 20.4. The van der Waals surface area contributed by atoms with Crippen LogP contribution in [0, 0.1) is 21.4 Å². The van der Waals surface area contributed by atoms with Crippen molar-refractivity contribution in [1.82, 2.24) is 0 Å². The number of rotatable bonds is 10. The van der Waals surface area contributed by atoms with E-state index < -0.39 is 19.7 Å². The minimum Gasteiger partial charge on any atom is -0.399 e. The Bertz CT molecular complexity index is 1740. The molecular formula is C32H25N3O5P2. The van der Waals surface area contributed by atoms with Crippen molar-refractivity contribution >= 4 is 31.1 Å². The molecule has 0 spiro atoms. The van der Waals surface area contributed by atoms with Crippen LogP contribution in [-0.4, -0.2) is 4.92 Å². The van der Waals surface area contributed by atoms with Crippen LogP contribution in [0.5, 0.6) is 11.5 Å². The van der Waals surface area contributed by atoms with E-state index in [1.807, 2.05) is 60.7 Å². The van der Waals surface area contributed by atoms with Crippen LogP contribution in [0.1, 0.15) is 11.1 Å². The lowest BCUT2D eigenvalue weighted by atomic mass is 10.1. The number of nitro benzene ring substituents is 1. The molecule has 0 aliphatic rings. The Hall–Kier alpha value is -4.95. The molecule has 0 N–H and O–H groups in total. The molecule has 0 aliphatic heterocycles. The predicted molar refractivity (Wildman–Crippen MR) is 165 cm³/mol. The van der Waals surface area contributed by atoms with Crippen LogP contribution >= 0.6 is 14.8 Å². The fourth-order valence-electron chi connectivity index (χ4n) is 4.49. The Morgan fingerprint density at radius 1 is 0.714 bits per heavy atom. The maximum atomic E-state index is 14.9. The summed E-state index contributed by atoms with van der Waals surface area (Å²) >= 11 is 0. The molecule has 0 bridgehead atoms. The molecule has 5 aromatic carbocycles. The van der Waals surface area contributed by atoms with Crippen LogP contribution < -0.4 is 19.7 Å². The van der Waals surface area contributed by atoms with E-state index in [2.05, 4.69) is 6.07 Å². The predicted octanol–water partition coefficient (Wildman–Crippen LogP) is 8.08. The highest BCUT2D eigenvalue weighted by Gasteiger charge is 2.37. The third kappa shape index (κ3) is 6.50. The van der Waals surface area contributed by atoms with Crippen LogP contribution in [0.15, 0.2) is 144 Å². The average Bonchev–Trinajstić information content (AvgIpc) is 3.02. The van der Waals surface area contributed by atoms with Crippen molar-refractivity contribution in [1.29, 1.82) is 5.26 Å². The van der Waals surface area contributed by atoms with Crippen molar-refractivity contribution in [2.24, 2.45) is 4.52 Å². The topological polar surface area (TPSA) is 115 Å². The SMILES string of the molecule is N#Cc1ccc([N+](=O)[O-])c(CP(=NP(=O)(Oc2ccccc2)Oc2ccccc2)(c2ccccc2)c2ccccc2)c1. The number of benzene rings is 5. The van der Waals surface area contributed by atoms with E-state index in [4.69, 9.17) is 13.6 Å². The van der Waals surface area contributed by atoms with Crippen molar-refractivity contribution in [2.45, 2.75) is 6.16 Å². The van der Waals surface area contributed by atoms with Gasteiger partial charge < -0.3 is 9.05 Å². The molecular weight excluding hydrogens is 568 g/mol. The zero-order chi connectivity index (χ0) is 29.4. The molecule has 0 aromatic heterocycles. The van der Waals surface area contributed by atoms with Gasteiger partial charge in [-0.05, 0) is 47.0 Å². The van der Waals surface area contributed by atoms with Gasteiger partial charge in [-0.3, -0.25) is 10.1 Å². The minimum absolute atomic E-state index is 0.00680. The number of hydrogen-bond donors (Lipinski definition) is 0. The summed E-state index contributed by atoms with van der Waals surface area (Å²) in [5, 5.41) is 23.2. The van der Waals surface area contributed by atoms with Crippen LogP contribution in [-0.2, 0) is 10.7 Å².